The van der Waals surface area contributed by atoms with E-state index in [1.165, 1.54) is 16.7 Å². The summed E-state index contributed by atoms with van der Waals surface area (Å²) in [7, 11) is 0. The van der Waals surface area contributed by atoms with Crippen molar-refractivity contribution in [3.63, 3.8) is 0 Å². The molecule has 0 spiro atoms. The van der Waals surface area contributed by atoms with Crippen LogP contribution in [0.2, 0.25) is 0 Å². The van der Waals surface area contributed by atoms with E-state index in [-0.39, 0.29) is 6.04 Å². The summed E-state index contributed by atoms with van der Waals surface area (Å²) >= 11 is 5.46. The molecule has 0 amide bonds. The van der Waals surface area contributed by atoms with Crippen molar-refractivity contribution in [3.05, 3.63) is 65.2 Å². The normalized spacial score (nSPS) is 13.4. The second-order valence-corrected chi connectivity index (χ2v) is 7.48. The SMILES string of the molecule is CCC(C)c1ccc(NC(=S)NC(C)c2ccc(C(C)C)cc2)cc1. The Kier molecular flexibility index (Phi) is 7.01. The second kappa shape index (κ2) is 9.00. The van der Waals surface area contributed by atoms with E-state index in [0.29, 0.717) is 16.9 Å². The quantitative estimate of drug-likeness (QED) is 0.589. The molecule has 2 unspecified atom stereocenters. The number of hydrogen-bond acceptors (Lipinski definition) is 1. The molecule has 0 saturated heterocycles. The van der Waals surface area contributed by atoms with Crippen LogP contribution in [0.15, 0.2) is 48.5 Å². The Bertz CT molecular complexity index is 674. The largest absolute Gasteiger partial charge is 0.356 e. The molecular formula is C22H30N2S. The van der Waals surface area contributed by atoms with Gasteiger partial charge in [0, 0.05) is 5.69 Å². The van der Waals surface area contributed by atoms with E-state index >= 15 is 0 Å². The molecule has 2 aromatic carbocycles. The fourth-order valence-electron chi connectivity index (χ4n) is 2.75. The van der Waals surface area contributed by atoms with Crippen LogP contribution in [0.1, 0.15) is 75.6 Å². The Balaban J connectivity index is 1.92. The third kappa shape index (κ3) is 5.57. The first-order valence-corrected chi connectivity index (χ1v) is 9.58. The highest BCUT2D eigenvalue weighted by Crippen LogP contribution is 2.21. The molecular weight excluding hydrogens is 324 g/mol. The first-order valence-electron chi connectivity index (χ1n) is 9.18. The Morgan fingerprint density at radius 3 is 1.88 bits per heavy atom. The summed E-state index contributed by atoms with van der Waals surface area (Å²) in [5.41, 5.74) is 4.98. The van der Waals surface area contributed by atoms with Gasteiger partial charge in [-0.05, 0) is 66.2 Å². The van der Waals surface area contributed by atoms with E-state index in [9.17, 15) is 0 Å². The fraction of sp³-hybridized carbons (Fsp3) is 0.409. The van der Waals surface area contributed by atoms with Crippen molar-refractivity contribution in [2.45, 2.75) is 58.9 Å². The monoisotopic (exact) mass is 354 g/mol. The zero-order valence-corrected chi connectivity index (χ0v) is 16.8. The maximum Gasteiger partial charge on any atom is 0.171 e. The van der Waals surface area contributed by atoms with E-state index in [1.54, 1.807) is 0 Å². The number of benzene rings is 2. The van der Waals surface area contributed by atoms with Gasteiger partial charge in [0.15, 0.2) is 5.11 Å². The maximum atomic E-state index is 5.46. The topological polar surface area (TPSA) is 24.1 Å². The van der Waals surface area contributed by atoms with Gasteiger partial charge >= 0.3 is 0 Å². The molecule has 2 N–H and O–H groups in total. The van der Waals surface area contributed by atoms with Crippen LogP contribution in [0.5, 0.6) is 0 Å². The van der Waals surface area contributed by atoms with Crippen molar-refractivity contribution in [2.24, 2.45) is 0 Å². The van der Waals surface area contributed by atoms with Gasteiger partial charge < -0.3 is 10.6 Å². The van der Waals surface area contributed by atoms with E-state index in [2.05, 4.69) is 93.8 Å². The fourth-order valence-corrected chi connectivity index (χ4v) is 3.04. The summed E-state index contributed by atoms with van der Waals surface area (Å²) in [5, 5.41) is 7.29. The highest BCUT2D eigenvalue weighted by Gasteiger charge is 2.09. The smallest absolute Gasteiger partial charge is 0.171 e. The number of thiocarbonyl (C=S) groups is 1. The predicted octanol–water partition coefficient (Wildman–Crippen LogP) is 6.37. The highest BCUT2D eigenvalue weighted by molar-refractivity contribution is 7.80. The molecule has 0 fully saturated rings. The van der Waals surface area contributed by atoms with Crippen molar-refractivity contribution >= 4 is 23.0 Å². The van der Waals surface area contributed by atoms with Crippen molar-refractivity contribution in [3.8, 4) is 0 Å². The van der Waals surface area contributed by atoms with Crippen LogP contribution in [0, 0.1) is 0 Å². The highest BCUT2D eigenvalue weighted by atomic mass is 32.1. The molecule has 0 saturated carbocycles. The summed E-state index contributed by atoms with van der Waals surface area (Å²) in [6, 6.07) is 17.5. The summed E-state index contributed by atoms with van der Waals surface area (Å²) < 4.78 is 0. The van der Waals surface area contributed by atoms with E-state index < -0.39 is 0 Å². The minimum atomic E-state index is 0.167. The molecule has 0 bridgehead atoms. The van der Waals surface area contributed by atoms with Crippen LogP contribution >= 0.6 is 12.2 Å². The molecule has 0 heterocycles. The lowest BCUT2D eigenvalue weighted by atomic mass is 9.99. The van der Waals surface area contributed by atoms with Gasteiger partial charge in [-0.3, -0.25) is 0 Å². The number of anilines is 1. The molecule has 2 atom stereocenters. The van der Waals surface area contributed by atoms with Crippen molar-refractivity contribution in [2.75, 3.05) is 5.32 Å². The Hall–Kier alpha value is -1.87. The van der Waals surface area contributed by atoms with Crippen molar-refractivity contribution < 1.29 is 0 Å². The van der Waals surface area contributed by atoms with E-state index in [1.807, 2.05) is 0 Å². The standard InChI is InChI=1S/C22H30N2S/c1-6-16(4)19-11-13-21(14-12-19)24-22(25)23-17(5)20-9-7-18(8-10-20)15(2)3/h7-17H,6H2,1-5H3,(H2,23,24,25). The van der Waals surface area contributed by atoms with Gasteiger partial charge in [-0.1, -0.05) is 64.1 Å². The Labute approximate surface area is 158 Å². The molecule has 134 valence electrons. The van der Waals surface area contributed by atoms with Crippen LogP contribution in [0.25, 0.3) is 0 Å². The first kappa shape index (κ1) is 19.5. The Morgan fingerprint density at radius 2 is 1.36 bits per heavy atom. The molecule has 0 aromatic heterocycles. The second-order valence-electron chi connectivity index (χ2n) is 7.07. The lowest BCUT2D eigenvalue weighted by molar-refractivity contribution is 0.721. The zero-order valence-electron chi connectivity index (χ0n) is 16.0. The van der Waals surface area contributed by atoms with Gasteiger partial charge in [-0.25, -0.2) is 0 Å². The van der Waals surface area contributed by atoms with E-state index in [0.717, 1.165) is 12.1 Å². The molecule has 2 rings (SSSR count). The van der Waals surface area contributed by atoms with Crippen LogP contribution in [0.3, 0.4) is 0 Å². The third-order valence-electron chi connectivity index (χ3n) is 4.80. The summed E-state index contributed by atoms with van der Waals surface area (Å²) in [4.78, 5) is 0. The molecule has 0 aliphatic rings. The lowest BCUT2D eigenvalue weighted by Gasteiger charge is -2.18. The molecule has 3 heteroatoms. The maximum absolute atomic E-state index is 5.46. The Morgan fingerprint density at radius 1 is 0.840 bits per heavy atom. The first-order chi connectivity index (χ1) is 11.9. The predicted molar refractivity (Wildman–Crippen MR) is 113 cm³/mol. The average molecular weight is 355 g/mol. The number of nitrogens with one attached hydrogen (secondary N) is 2. The van der Waals surface area contributed by atoms with Gasteiger partial charge in [0.1, 0.15) is 0 Å². The van der Waals surface area contributed by atoms with Crippen LogP contribution in [-0.4, -0.2) is 5.11 Å². The minimum Gasteiger partial charge on any atom is -0.356 e. The third-order valence-corrected chi connectivity index (χ3v) is 5.02. The minimum absolute atomic E-state index is 0.167. The summed E-state index contributed by atoms with van der Waals surface area (Å²) in [6.07, 6.45) is 1.15. The van der Waals surface area contributed by atoms with Crippen molar-refractivity contribution in [1.29, 1.82) is 0 Å². The molecule has 2 nitrogen and oxygen atoms in total. The molecule has 0 aliphatic heterocycles. The van der Waals surface area contributed by atoms with Gasteiger partial charge in [0.2, 0.25) is 0 Å². The van der Waals surface area contributed by atoms with Gasteiger partial charge in [0.25, 0.3) is 0 Å². The number of rotatable bonds is 6. The van der Waals surface area contributed by atoms with Crippen LogP contribution in [0.4, 0.5) is 5.69 Å². The molecule has 25 heavy (non-hydrogen) atoms. The van der Waals surface area contributed by atoms with E-state index in [4.69, 9.17) is 12.2 Å². The van der Waals surface area contributed by atoms with Crippen LogP contribution in [-0.2, 0) is 0 Å². The number of hydrogen-bond donors (Lipinski definition) is 2. The van der Waals surface area contributed by atoms with Gasteiger partial charge in [-0.2, -0.15) is 0 Å². The summed E-state index contributed by atoms with van der Waals surface area (Å²) in [5.74, 6) is 1.14. The van der Waals surface area contributed by atoms with Gasteiger partial charge in [-0.15, -0.1) is 0 Å². The van der Waals surface area contributed by atoms with Crippen molar-refractivity contribution in [1.82, 2.24) is 5.32 Å². The lowest BCUT2D eigenvalue weighted by Crippen LogP contribution is -2.30. The summed E-state index contributed by atoms with van der Waals surface area (Å²) in [6.45, 7) is 11.0. The molecule has 0 aliphatic carbocycles. The average Bonchev–Trinajstić information content (AvgIpc) is 2.61. The molecule has 0 radical (unpaired) electrons. The van der Waals surface area contributed by atoms with Crippen LogP contribution < -0.4 is 10.6 Å². The van der Waals surface area contributed by atoms with Gasteiger partial charge in [0.05, 0.1) is 6.04 Å². The zero-order chi connectivity index (χ0) is 18.4. The molecule has 2 aromatic rings.